The first-order chi connectivity index (χ1) is 26.4. The molecule has 0 radical (unpaired) electrons. The molecule has 7 rings (SSSR count). The molecule has 5 N–H and O–H groups in total. The molecule has 0 spiro atoms. The number of carbonyl (C=O) groups excluding carboxylic acids is 2. The molecule has 3 aromatic carbocycles. The molecule has 14 heteroatoms. The standard InChI is InChI=1S/C24H31N3O3S.C17H25N3O3S/c1-27(17-18-8-3-2-4-9-18)14-7-15-31(29,30)26-24(28)25-23-21-12-5-10-19(21)16-20-11-6-13-22(20)23;1-18-9-4-10-24(22,23)20-17(21)19-16-14-7-2-5-12(14)11-13-6-3-8-15(13)16/h2-4,8-9,16H,5-7,10-15,17H2,1H3,(H2,25,26,28);11,18H,2-10H2,1H3,(H2,19,20,21). The summed E-state index contributed by atoms with van der Waals surface area (Å²) in [5, 5.41) is 8.63. The number of urea groups is 2. The zero-order valence-corrected chi connectivity index (χ0v) is 33.8. The minimum Gasteiger partial charge on any atom is -0.320 e. The Bertz CT molecular complexity index is 2030. The average molecular weight is 793 g/mol. The summed E-state index contributed by atoms with van der Waals surface area (Å²) in [5.74, 6) is -0.142. The van der Waals surface area contributed by atoms with Gasteiger partial charge in [-0.3, -0.25) is 0 Å². The van der Waals surface area contributed by atoms with E-state index in [1.54, 1.807) is 7.05 Å². The lowest BCUT2D eigenvalue weighted by atomic mass is 9.99. The fourth-order valence-corrected chi connectivity index (χ4v) is 10.4. The molecule has 0 bridgehead atoms. The third kappa shape index (κ3) is 10.9. The van der Waals surface area contributed by atoms with Crippen LogP contribution in [0.3, 0.4) is 0 Å². The fourth-order valence-electron chi connectivity index (χ4n) is 8.53. The molecule has 298 valence electrons. The quantitative estimate of drug-likeness (QED) is 0.136. The van der Waals surface area contributed by atoms with Crippen LogP contribution in [0.5, 0.6) is 0 Å². The third-order valence-corrected chi connectivity index (χ3v) is 13.7. The van der Waals surface area contributed by atoms with Crippen molar-refractivity contribution in [3.8, 4) is 0 Å². The van der Waals surface area contributed by atoms with E-state index in [1.807, 2.05) is 25.2 Å². The van der Waals surface area contributed by atoms with Crippen LogP contribution in [0.4, 0.5) is 21.0 Å². The van der Waals surface area contributed by atoms with Crippen molar-refractivity contribution in [2.24, 2.45) is 0 Å². The number of anilines is 2. The van der Waals surface area contributed by atoms with Gasteiger partial charge in [-0.15, -0.1) is 0 Å². The second-order valence-electron chi connectivity index (χ2n) is 15.3. The molecule has 0 saturated carbocycles. The second kappa shape index (κ2) is 18.3. The van der Waals surface area contributed by atoms with E-state index in [4.69, 9.17) is 0 Å². The molecule has 4 amide bonds. The molecule has 55 heavy (non-hydrogen) atoms. The first kappa shape index (κ1) is 40.7. The number of amides is 4. The summed E-state index contributed by atoms with van der Waals surface area (Å²) in [6, 6.07) is 13.3. The van der Waals surface area contributed by atoms with Gasteiger partial charge < -0.3 is 20.9 Å². The molecule has 0 saturated heterocycles. The molecule has 4 aliphatic rings. The van der Waals surface area contributed by atoms with Gasteiger partial charge in [0.1, 0.15) is 0 Å². The number of nitrogens with zero attached hydrogens (tertiary/aromatic N) is 1. The van der Waals surface area contributed by atoms with Crippen molar-refractivity contribution in [2.75, 3.05) is 49.3 Å². The largest absolute Gasteiger partial charge is 0.332 e. The van der Waals surface area contributed by atoms with Crippen molar-refractivity contribution >= 4 is 43.5 Å². The maximum atomic E-state index is 12.6. The van der Waals surface area contributed by atoms with Crippen molar-refractivity contribution in [1.29, 1.82) is 0 Å². The number of benzene rings is 3. The van der Waals surface area contributed by atoms with Crippen molar-refractivity contribution in [2.45, 2.75) is 96.4 Å². The van der Waals surface area contributed by atoms with Crippen molar-refractivity contribution < 1.29 is 26.4 Å². The minimum atomic E-state index is -3.69. The Morgan fingerprint density at radius 2 is 1.04 bits per heavy atom. The predicted octanol–water partition coefficient (Wildman–Crippen LogP) is 5.36. The number of aryl methyl sites for hydroxylation is 4. The lowest BCUT2D eigenvalue weighted by molar-refractivity contribution is 0.255. The number of hydrogen-bond acceptors (Lipinski definition) is 8. The van der Waals surface area contributed by atoms with Gasteiger partial charge in [-0.25, -0.2) is 35.9 Å². The van der Waals surface area contributed by atoms with Crippen molar-refractivity contribution in [3.63, 3.8) is 0 Å². The Hall–Kier alpha value is -3.98. The van der Waals surface area contributed by atoms with Crippen LogP contribution in [0.15, 0.2) is 42.5 Å². The molecule has 0 unspecified atom stereocenters. The Labute approximate surface area is 326 Å². The van der Waals surface area contributed by atoms with Crippen LogP contribution in [-0.2, 0) is 78.0 Å². The van der Waals surface area contributed by atoms with E-state index in [0.717, 1.165) is 95.0 Å². The molecule has 4 aliphatic carbocycles. The molecule has 12 nitrogen and oxygen atoms in total. The first-order valence-corrected chi connectivity index (χ1v) is 23.0. The van der Waals surface area contributed by atoms with Crippen LogP contribution in [0.1, 0.15) is 88.6 Å². The van der Waals surface area contributed by atoms with E-state index in [0.29, 0.717) is 25.9 Å². The van der Waals surface area contributed by atoms with Gasteiger partial charge in [0, 0.05) is 17.9 Å². The maximum absolute atomic E-state index is 12.6. The van der Waals surface area contributed by atoms with Gasteiger partial charge >= 0.3 is 12.1 Å². The molecule has 3 aromatic rings. The highest BCUT2D eigenvalue weighted by Gasteiger charge is 2.27. The summed E-state index contributed by atoms with van der Waals surface area (Å²) >= 11 is 0. The van der Waals surface area contributed by atoms with Gasteiger partial charge in [-0.2, -0.15) is 0 Å². The van der Waals surface area contributed by atoms with Gasteiger partial charge in [0.25, 0.3) is 0 Å². The first-order valence-electron chi connectivity index (χ1n) is 19.7. The van der Waals surface area contributed by atoms with Gasteiger partial charge in [-0.1, -0.05) is 42.5 Å². The van der Waals surface area contributed by atoms with Gasteiger partial charge in [0.05, 0.1) is 11.5 Å². The number of sulfonamides is 2. The lowest BCUT2D eigenvalue weighted by Crippen LogP contribution is -2.37. The van der Waals surface area contributed by atoms with E-state index in [9.17, 15) is 26.4 Å². The Morgan fingerprint density at radius 3 is 1.45 bits per heavy atom. The summed E-state index contributed by atoms with van der Waals surface area (Å²) in [6.07, 6.45) is 13.2. The number of nitrogens with one attached hydrogen (secondary N) is 5. The normalized spacial score (nSPS) is 15.4. The van der Waals surface area contributed by atoms with E-state index < -0.39 is 32.1 Å². The summed E-state index contributed by atoms with van der Waals surface area (Å²) in [7, 11) is -3.55. The van der Waals surface area contributed by atoms with E-state index in [-0.39, 0.29) is 11.5 Å². The van der Waals surface area contributed by atoms with E-state index >= 15 is 0 Å². The molecule has 0 aliphatic heterocycles. The summed E-state index contributed by atoms with van der Waals surface area (Å²) < 4.78 is 53.2. The van der Waals surface area contributed by atoms with Crippen LogP contribution in [0, 0.1) is 0 Å². The molecule has 0 heterocycles. The zero-order chi connectivity index (χ0) is 39.0. The van der Waals surface area contributed by atoms with Crippen molar-refractivity contribution in [3.05, 3.63) is 92.5 Å². The summed E-state index contributed by atoms with van der Waals surface area (Å²) in [5.41, 5.74) is 12.9. The van der Waals surface area contributed by atoms with Crippen LogP contribution >= 0.6 is 0 Å². The second-order valence-corrected chi connectivity index (χ2v) is 18.9. The predicted molar refractivity (Wildman–Crippen MR) is 219 cm³/mol. The Balaban J connectivity index is 0.000000193. The summed E-state index contributed by atoms with van der Waals surface area (Å²) in [6.45, 7) is 2.00. The van der Waals surface area contributed by atoms with Gasteiger partial charge in [-0.05, 0) is 167 Å². The smallest absolute Gasteiger partial charge is 0.320 e. The number of fused-ring (bicyclic) bond motifs is 4. The third-order valence-electron chi connectivity index (χ3n) is 11.0. The van der Waals surface area contributed by atoms with Crippen LogP contribution in [-0.4, -0.2) is 72.5 Å². The molecular formula is C41H56N6O6S2. The van der Waals surface area contributed by atoms with Crippen LogP contribution in [0.25, 0.3) is 0 Å². The highest BCUT2D eigenvalue weighted by molar-refractivity contribution is 7.90. The number of rotatable bonds is 14. The molecule has 0 fully saturated rings. The maximum Gasteiger partial charge on any atom is 0.332 e. The lowest BCUT2D eigenvalue weighted by Gasteiger charge is -2.18. The molecular weight excluding hydrogens is 737 g/mol. The van der Waals surface area contributed by atoms with Crippen LogP contribution in [0.2, 0.25) is 0 Å². The average Bonchev–Trinajstić information content (AvgIpc) is 3.96. The number of carbonyl (C=O) groups is 2. The van der Waals surface area contributed by atoms with Gasteiger partial charge in [0.2, 0.25) is 20.0 Å². The topological polar surface area (TPSA) is 166 Å². The monoisotopic (exact) mass is 792 g/mol. The summed E-state index contributed by atoms with van der Waals surface area (Å²) in [4.78, 5) is 26.9. The highest BCUT2D eigenvalue weighted by atomic mass is 32.2. The Morgan fingerprint density at radius 1 is 0.618 bits per heavy atom. The number of hydrogen-bond donors (Lipinski definition) is 5. The highest BCUT2D eigenvalue weighted by Crippen LogP contribution is 2.39. The Kier molecular flexibility index (Phi) is 13.5. The van der Waals surface area contributed by atoms with Crippen molar-refractivity contribution in [1.82, 2.24) is 19.7 Å². The molecule has 0 aromatic heterocycles. The van der Waals surface area contributed by atoms with Gasteiger partial charge in [0.15, 0.2) is 0 Å². The van der Waals surface area contributed by atoms with E-state index in [2.05, 4.69) is 54.6 Å². The molecule has 0 atom stereocenters. The minimum absolute atomic E-state index is 0.0632. The SMILES string of the molecule is CN(CCCS(=O)(=O)NC(=O)Nc1c2c(cc3c1CCC3)CCC2)Cc1ccccc1.CNCCCS(=O)(=O)NC(=O)Nc1c2c(cc3c1CCC3)CCC2. The fraction of sp³-hybridized carbons (Fsp3) is 0.512. The van der Waals surface area contributed by atoms with E-state index in [1.165, 1.54) is 50.1 Å². The zero-order valence-electron chi connectivity index (χ0n) is 32.2. The van der Waals surface area contributed by atoms with Crippen LogP contribution < -0.4 is 25.4 Å².